The maximum atomic E-state index is 10.9. The van der Waals surface area contributed by atoms with Crippen LogP contribution in [0.25, 0.3) is 0 Å². The molecule has 0 aliphatic heterocycles. The summed E-state index contributed by atoms with van der Waals surface area (Å²) in [5.74, 6) is 0.710. The number of nitrogens with one attached hydrogen (secondary N) is 1. The fraction of sp³-hybridized carbons (Fsp3) is 0.500. The van der Waals surface area contributed by atoms with Crippen molar-refractivity contribution >= 4 is 23.4 Å². The van der Waals surface area contributed by atoms with Gasteiger partial charge < -0.3 is 15.8 Å². The largest absolute Gasteiger partial charge is 0.383 e. The zero-order chi connectivity index (χ0) is 13.7. The van der Waals surface area contributed by atoms with Crippen LogP contribution in [0.4, 0.5) is 5.69 Å². The number of anilines is 1. The van der Waals surface area contributed by atoms with E-state index in [1.165, 1.54) is 24.6 Å². The lowest BCUT2D eigenvalue weighted by Gasteiger charge is -2.20. The molecule has 0 bridgehead atoms. The van der Waals surface area contributed by atoms with Gasteiger partial charge in [0.1, 0.15) is 0 Å². The average Bonchev–Trinajstić information content (AvgIpc) is 3.21. The Bertz CT molecular complexity index is 435. The number of benzene rings is 1. The van der Waals surface area contributed by atoms with Crippen LogP contribution in [0.5, 0.6) is 0 Å². The molecule has 1 aliphatic rings. The first-order chi connectivity index (χ1) is 9.20. The molecule has 0 saturated heterocycles. The maximum Gasteiger partial charge on any atom is 0.227 e. The Hall–Kier alpha value is -1.20. The minimum atomic E-state index is -0.296. The second-order valence-corrected chi connectivity index (χ2v) is 5.81. The monoisotopic (exact) mass is 280 g/mol. The molecule has 1 aromatic rings. The topological polar surface area (TPSA) is 64.3 Å². The van der Waals surface area contributed by atoms with E-state index in [1.54, 1.807) is 7.11 Å². The normalized spacial score (nSPS) is 16.1. The SMILES string of the molecule is COCC(Nc1ccccc1SCC(N)=O)C1CC1. The summed E-state index contributed by atoms with van der Waals surface area (Å²) in [6, 6.07) is 8.35. The first kappa shape index (κ1) is 14.2. The molecular formula is C14H20N2O2S. The quantitative estimate of drug-likeness (QED) is 0.716. The van der Waals surface area contributed by atoms with E-state index in [-0.39, 0.29) is 5.91 Å². The first-order valence-corrected chi connectivity index (χ1v) is 7.45. The molecular weight excluding hydrogens is 260 g/mol. The third-order valence-corrected chi connectivity index (χ3v) is 4.23. The highest BCUT2D eigenvalue weighted by atomic mass is 32.2. The number of thioether (sulfide) groups is 1. The third kappa shape index (κ3) is 4.44. The highest BCUT2D eigenvalue weighted by Crippen LogP contribution is 2.36. The van der Waals surface area contributed by atoms with Crippen LogP contribution in [0.2, 0.25) is 0 Å². The number of amides is 1. The Morgan fingerprint density at radius 3 is 2.89 bits per heavy atom. The van der Waals surface area contributed by atoms with Crippen LogP contribution >= 0.6 is 11.8 Å². The molecule has 0 heterocycles. The standard InChI is InChI=1S/C14H20N2O2S/c1-18-8-12(10-6-7-10)16-11-4-2-3-5-13(11)19-9-14(15)17/h2-5,10,12,16H,6-9H2,1H3,(H2,15,17). The number of hydrogen-bond donors (Lipinski definition) is 2. The minimum Gasteiger partial charge on any atom is -0.383 e. The number of carbonyl (C=O) groups is 1. The van der Waals surface area contributed by atoms with Crippen LogP contribution in [0.15, 0.2) is 29.2 Å². The van der Waals surface area contributed by atoms with Crippen LogP contribution in [0.3, 0.4) is 0 Å². The molecule has 1 atom stereocenters. The first-order valence-electron chi connectivity index (χ1n) is 6.46. The van der Waals surface area contributed by atoms with E-state index >= 15 is 0 Å². The molecule has 104 valence electrons. The Labute approximate surface area is 118 Å². The summed E-state index contributed by atoms with van der Waals surface area (Å²) in [4.78, 5) is 11.9. The van der Waals surface area contributed by atoms with E-state index in [2.05, 4.69) is 5.32 Å². The van der Waals surface area contributed by atoms with Gasteiger partial charge in [-0.3, -0.25) is 4.79 Å². The van der Waals surface area contributed by atoms with E-state index in [4.69, 9.17) is 10.5 Å². The molecule has 4 nitrogen and oxygen atoms in total. The molecule has 1 unspecified atom stereocenters. The van der Waals surface area contributed by atoms with Crippen molar-refractivity contribution in [1.82, 2.24) is 0 Å². The molecule has 1 aliphatic carbocycles. The molecule has 1 aromatic carbocycles. The lowest BCUT2D eigenvalue weighted by molar-refractivity contribution is -0.115. The van der Waals surface area contributed by atoms with Gasteiger partial charge in [-0.2, -0.15) is 0 Å². The van der Waals surface area contributed by atoms with Gasteiger partial charge in [0.15, 0.2) is 0 Å². The van der Waals surface area contributed by atoms with Crippen LogP contribution in [-0.2, 0) is 9.53 Å². The van der Waals surface area contributed by atoms with Gasteiger partial charge in [-0.15, -0.1) is 11.8 Å². The second kappa shape index (κ2) is 6.82. The molecule has 2 rings (SSSR count). The molecule has 0 spiro atoms. The van der Waals surface area contributed by atoms with Gasteiger partial charge in [-0.1, -0.05) is 12.1 Å². The number of hydrogen-bond acceptors (Lipinski definition) is 4. The zero-order valence-electron chi connectivity index (χ0n) is 11.1. The number of para-hydroxylation sites is 1. The van der Waals surface area contributed by atoms with Gasteiger partial charge in [0.2, 0.25) is 5.91 Å². The minimum absolute atomic E-state index is 0.296. The molecule has 0 aromatic heterocycles. The fourth-order valence-corrected chi connectivity index (χ4v) is 2.79. The smallest absolute Gasteiger partial charge is 0.227 e. The van der Waals surface area contributed by atoms with Crippen LogP contribution in [-0.4, -0.2) is 31.4 Å². The van der Waals surface area contributed by atoms with Crippen molar-refractivity contribution in [2.24, 2.45) is 11.7 Å². The van der Waals surface area contributed by atoms with E-state index in [0.717, 1.165) is 10.6 Å². The highest BCUT2D eigenvalue weighted by Gasteiger charge is 2.31. The Morgan fingerprint density at radius 1 is 1.53 bits per heavy atom. The Morgan fingerprint density at radius 2 is 2.26 bits per heavy atom. The molecule has 1 saturated carbocycles. The molecule has 3 N–H and O–H groups in total. The molecule has 19 heavy (non-hydrogen) atoms. The van der Waals surface area contributed by atoms with Gasteiger partial charge in [0.05, 0.1) is 18.4 Å². The van der Waals surface area contributed by atoms with Gasteiger partial charge in [-0.25, -0.2) is 0 Å². The van der Waals surface area contributed by atoms with Crippen molar-refractivity contribution < 1.29 is 9.53 Å². The summed E-state index contributed by atoms with van der Waals surface area (Å²) in [5, 5.41) is 3.54. The molecule has 1 amide bonds. The van der Waals surface area contributed by atoms with Crippen molar-refractivity contribution in [3.63, 3.8) is 0 Å². The number of primary amides is 1. The number of rotatable bonds is 8. The zero-order valence-corrected chi connectivity index (χ0v) is 11.9. The maximum absolute atomic E-state index is 10.9. The van der Waals surface area contributed by atoms with Gasteiger partial charge in [-0.05, 0) is 30.9 Å². The van der Waals surface area contributed by atoms with Crippen LogP contribution in [0.1, 0.15) is 12.8 Å². The van der Waals surface area contributed by atoms with Crippen molar-refractivity contribution in [2.45, 2.75) is 23.8 Å². The Kier molecular flexibility index (Phi) is 5.10. The summed E-state index contributed by atoms with van der Waals surface area (Å²) in [6.07, 6.45) is 2.52. The van der Waals surface area contributed by atoms with Gasteiger partial charge in [0, 0.05) is 17.7 Å². The van der Waals surface area contributed by atoms with Gasteiger partial charge in [0.25, 0.3) is 0 Å². The molecule has 5 heteroatoms. The number of carbonyl (C=O) groups excluding carboxylic acids is 1. The fourth-order valence-electron chi connectivity index (χ4n) is 2.03. The summed E-state index contributed by atoms with van der Waals surface area (Å²) in [5.41, 5.74) is 6.26. The number of methoxy groups -OCH3 is 1. The highest BCUT2D eigenvalue weighted by molar-refractivity contribution is 8.00. The number of ether oxygens (including phenoxy) is 1. The van der Waals surface area contributed by atoms with Crippen molar-refractivity contribution in [2.75, 3.05) is 24.8 Å². The summed E-state index contributed by atoms with van der Waals surface area (Å²) < 4.78 is 5.27. The summed E-state index contributed by atoms with van der Waals surface area (Å²) in [7, 11) is 1.73. The van der Waals surface area contributed by atoms with E-state index in [1.807, 2.05) is 24.3 Å². The summed E-state index contributed by atoms with van der Waals surface area (Å²) in [6.45, 7) is 0.708. The van der Waals surface area contributed by atoms with E-state index in [0.29, 0.717) is 24.3 Å². The van der Waals surface area contributed by atoms with Crippen molar-refractivity contribution in [3.05, 3.63) is 24.3 Å². The summed E-state index contributed by atoms with van der Waals surface area (Å²) >= 11 is 1.47. The number of nitrogens with two attached hydrogens (primary N) is 1. The van der Waals surface area contributed by atoms with E-state index < -0.39 is 0 Å². The third-order valence-electron chi connectivity index (χ3n) is 3.14. The lowest BCUT2D eigenvalue weighted by atomic mass is 10.2. The van der Waals surface area contributed by atoms with Crippen molar-refractivity contribution in [1.29, 1.82) is 0 Å². The van der Waals surface area contributed by atoms with E-state index in [9.17, 15) is 4.79 Å². The predicted octanol–water partition coefficient (Wildman–Crippen LogP) is 2.10. The van der Waals surface area contributed by atoms with Crippen molar-refractivity contribution in [3.8, 4) is 0 Å². The Balaban J connectivity index is 2.03. The average molecular weight is 280 g/mol. The van der Waals surface area contributed by atoms with Gasteiger partial charge >= 0.3 is 0 Å². The molecule has 1 fully saturated rings. The van der Waals surface area contributed by atoms with Crippen LogP contribution in [0, 0.1) is 5.92 Å². The molecule has 0 radical (unpaired) electrons. The predicted molar refractivity (Wildman–Crippen MR) is 78.4 cm³/mol. The second-order valence-electron chi connectivity index (χ2n) is 4.79. The van der Waals surface area contributed by atoms with Crippen LogP contribution < -0.4 is 11.1 Å². The lowest BCUT2D eigenvalue weighted by Crippen LogP contribution is -2.27.